The van der Waals surface area contributed by atoms with Crippen LogP contribution in [0.2, 0.25) is 0 Å². The summed E-state index contributed by atoms with van der Waals surface area (Å²) in [6.45, 7) is 2.49. The first-order valence-corrected chi connectivity index (χ1v) is 10.2. The van der Waals surface area contributed by atoms with E-state index in [1.54, 1.807) is 11.3 Å². The van der Waals surface area contributed by atoms with Crippen LogP contribution in [0.1, 0.15) is 33.2 Å². The summed E-state index contributed by atoms with van der Waals surface area (Å²) in [7, 11) is -4.08. The van der Waals surface area contributed by atoms with E-state index in [0.29, 0.717) is 19.4 Å². The van der Waals surface area contributed by atoms with Crippen molar-refractivity contribution in [3.8, 4) is 0 Å². The highest BCUT2D eigenvalue weighted by Gasteiger charge is 2.41. The standard InChI is InChI=1S/C16H18N2O6S2/c1-10-4-5-11(25-10)9-17-15(19)12-3-2-8-18(12)26(22,23)14-7-6-13(24-14)16(20)21/h4-7,12H,2-3,8-9H2,1H3,(H,17,19)(H,20,21). The number of carbonyl (C=O) groups excluding carboxylic acids is 1. The average Bonchev–Trinajstić information content (AvgIpc) is 3.32. The van der Waals surface area contributed by atoms with Gasteiger partial charge in [0.05, 0.1) is 6.54 Å². The van der Waals surface area contributed by atoms with Crippen molar-refractivity contribution in [1.29, 1.82) is 0 Å². The minimum Gasteiger partial charge on any atom is -0.475 e. The average molecular weight is 398 g/mol. The van der Waals surface area contributed by atoms with Gasteiger partial charge >= 0.3 is 5.97 Å². The van der Waals surface area contributed by atoms with E-state index in [2.05, 4.69) is 5.32 Å². The molecule has 1 atom stereocenters. The molecule has 2 aromatic heterocycles. The smallest absolute Gasteiger partial charge is 0.371 e. The van der Waals surface area contributed by atoms with Gasteiger partial charge in [-0.15, -0.1) is 11.3 Å². The number of carboxylic acids is 1. The van der Waals surface area contributed by atoms with Crippen molar-refractivity contribution in [2.24, 2.45) is 0 Å². The first-order chi connectivity index (χ1) is 12.3. The van der Waals surface area contributed by atoms with Crippen molar-refractivity contribution >= 4 is 33.2 Å². The van der Waals surface area contributed by atoms with Gasteiger partial charge in [0.2, 0.25) is 16.8 Å². The molecule has 0 aliphatic carbocycles. The van der Waals surface area contributed by atoms with E-state index in [0.717, 1.165) is 26.2 Å². The summed E-state index contributed by atoms with van der Waals surface area (Å²) in [5.41, 5.74) is 0. The van der Waals surface area contributed by atoms with Gasteiger partial charge in [0.1, 0.15) is 6.04 Å². The van der Waals surface area contributed by atoms with Crippen molar-refractivity contribution < 1.29 is 27.5 Å². The lowest BCUT2D eigenvalue weighted by atomic mass is 10.2. The van der Waals surface area contributed by atoms with Crippen LogP contribution in [0.5, 0.6) is 0 Å². The van der Waals surface area contributed by atoms with Crippen molar-refractivity contribution in [3.05, 3.63) is 39.8 Å². The third kappa shape index (κ3) is 3.67. The number of carboxylic acid groups (broad SMARTS) is 1. The zero-order valence-corrected chi connectivity index (χ0v) is 15.6. The molecule has 0 bridgehead atoms. The molecule has 8 nitrogen and oxygen atoms in total. The molecule has 1 aliphatic heterocycles. The zero-order valence-electron chi connectivity index (χ0n) is 14.0. The van der Waals surface area contributed by atoms with Gasteiger partial charge in [-0.25, -0.2) is 13.2 Å². The molecule has 1 unspecified atom stereocenters. The number of aromatic carboxylic acids is 1. The molecule has 2 N–H and O–H groups in total. The number of nitrogens with one attached hydrogen (secondary N) is 1. The molecule has 3 heterocycles. The number of furan rings is 1. The Hall–Kier alpha value is -2.17. The molecule has 1 saturated heterocycles. The summed E-state index contributed by atoms with van der Waals surface area (Å²) in [5, 5.41) is 11.2. The second-order valence-corrected chi connectivity index (χ2v) is 9.12. The van der Waals surface area contributed by atoms with E-state index in [1.807, 2.05) is 19.1 Å². The van der Waals surface area contributed by atoms with Crippen LogP contribution in [-0.2, 0) is 21.4 Å². The van der Waals surface area contributed by atoms with Crippen LogP contribution in [0, 0.1) is 6.92 Å². The van der Waals surface area contributed by atoms with E-state index >= 15 is 0 Å². The first-order valence-electron chi connectivity index (χ1n) is 7.97. The van der Waals surface area contributed by atoms with Crippen molar-refractivity contribution in [2.45, 2.75) is 37.4 Å². The van der Waals surface area contributed by atoms with Crippen molar-refractivity contribution in [2.75, 3.05) is 6.54 Å². The second-order valence-electron chi connectivity index (χ2n) is 5.93. The number of aryl methyl sites for hydroxylation is 1. The van der Waals surface area contributed by atoms with Gasteiger partial charge < -0.3 is 14.8 Å². The SMILES string of the molecule is Cc1ccc(CNC(=O)C2CCCN2S(=O)(=O)c2ccc(C(=O)O)o2)s1. The van der Waals surface area contributed by atoms with E-state index in [4.69, 9.17) is 9.52 Å². The van der Waals surface area contributed by atoms with Crippen molar-refractivity contribution in [3.63, 3.8) is 0 Å². The number of rotatable bonds is 6. The number of hydrogen-bond donors (Lipinski definition) is 2. The lowest BCUT2D eigenvalue weighted by Crippen LogP contribution is -2.45. The molecule has 2 aromatic rings. The number of nitrogens with zero attached hydrogens (tertiary/aromatic N) is 1. The maximum Gasteiger partial charge on any atom is 0.371 e. The normalized spacial score (nSPS) is 18.1. The highest BCUT2D eigenvalue weighted by molar-refractivity contribution is 7.89. The Labute approximate surface area is 154 Å². The van der Waals surface area contributed by atoms with Gasteiger partial charge in [-0.2, -0.15) is 4.31 Å². The molecular weight excluding hydrogens is 380 g/mol. The molecule has 0 aromatic carbocycles. The number of sulfonamides is 1. The van der Waals surface area contributed by atoms with Crippen LogP contribution in [-0.4, -0.2) is 42.3 Å². The van der Waals surface area contributed by atoms with Gasteiger partial charge in [0, 0.05) is 16.3 Å². The van der Waals surface area contributed by atoms with Gasteiger partial charge in [0.25, 0.3) is 10.0 Å². The molecule has 0 saturated carbocycles. The Morgan fingerprint density at radius 1 is 1.35 bits per heavy atom. The predicted octanol–water partition coefficient (Wildman–Crippen LogP) is 1.82. The van der Waals surface area contributed by atoms with Crippen LogP contribution in [0.15, 0.2) is 33.8 Å². The highest BCUT2D eigenvalue weighted by atomic mass is 32.2. The summed E-state index contributed by atoms with van der Waals surface area (Å²) in [6, 6.07) is 5.22. The van der Waals surface area contributed by atoms with E-state index in [-0.39, 0.29) is 12.5 Å². The first kappa shape index (κ1) is 18.6. The molecule has 1 aliphatic rings. The summed E-state index contributed by atoms with van der Waals surface area (Å²) in [6.07, 6.45) is 0.947. The third-order valence-electron chi connectivity index (χ3n) is 4.09. The van der Waals surface area contributed by atoms with E-state index in [9.17, 15) is 18.0 Å². The highest BCUT2D eigenvalue weighted by Crippen LogP contribution is 2.27. The van der Waals surface area contributed by atoms with Crippen LogP contribution in [0.25, 0.3) is 0 Å². The Bertz CT molecular complexity index is 930. The predicted molar refractivity (Wildman–Crippen MR) is 93.5 cm³/mol. The summed E-state index contributed by atoms with van der Waals surface area (Å²) in [5.74, 6) is -2.19. The van der Waals surface area contributed by atoms with Crippen LogP contribution in [0.3, 0.4) is 0 Å². The maximum absolute atomic E-state index is 12.7. The topological polar surface area (TPSA) is 117 Å². The Morgan fingerprint density at radius 2 is 2.12 bits per heavy atom. The summed E-state index contributed by atoms with van der Waals surface area (Å²) >= 11 is 1.56. The minimum absolute atomic E-state index is 0.182. The summed E-state index contributed by atoms with van der Waals surface area (Å²) < 4.78 is 31.4. The molecule has 0 radical (unpaired) electrons. The Kier molecular flexibility index (Phi) is 5.17. The number of hydrogen-bond acceptors (Lipinski definition) is 6. The Balaban J connectivity index is 1.73. The Morgan fingerprint density at radius 3 is 2.73 bits per heavy atom. The van der Waals surface area contributed by atoms with Crippen molar-refractivity contribution in [1.82, 2.24) is 9.62 Å². The van der Waals surface area contributed by atoms with Gasteiger partial charge in [0.15, 0.2) is 0 Å². The fraction of sp³-hybridized carbons (Fsp3) is 0.375. The molecule has 0 spiro atoms. The minimum atomic E-state index is -4.08. The molecule has 10 heteroatoms. The van der Waals surface area contributed by atoms with E-state index < -0.39 is 32.9 Å². The third-order valence-corrected chi connectivity index (χ3v) is 6.88. The summed E-state index contributed by atoms with van der Waals surface area (Å²) in [4.78, 5) is 25.5. The fourth-order valence-electron chi connectivity index (χ4n) is 2.85. The van der Waals surface area contributed by atoms with Gasteiger partial charge in [-0.05, 0) is 44.0 Å². The molecule has 140 valence electrons. The van der Waals surface area contributed by atoms with Gasteiger partial charge in [-0.3, -0.25) is 4.79 Å². The van der Waals surface area contributed by atoms with E-state index in [1.165, 1.54) is 0 Å². The number of thiophene rings is 1. The molecule has 1 amide bonds. The molecule has 26 heavy (non-hydrogen) atoms. The lowest BCUT2D eigenvalue weighted by Gasteiger charge is -2.22. The lowest BCUT2D eigenvalue weighted by molar-refractivity contribution is -0.124. The molecule has 3 rings (SSSR count). The quantitative estimate of drug-likeness (QED) is 0.766. The van der Waals surface area contributed by atoms with Crippen LogP contribution < -0.4 is 5.32 Å². The van der Waals surface area contributed by atoms with Crippen LogP contribution in [0.4, 0.5) is 0 Å². The zero-order chi connectivity index (χ0) is 18.9. The fourth-order valence-corrected chi connectivity index (χ4v) is 5.25. The monoisotopic (exact) mass is 398 g/mol. The second kappa shape index (κ2) is 7.22. The maximum atomic E-state index is 12.7. The largest absolute Gasteiger partial charge is 0.475 e. The number of carbonyl (C=O) groups is 2. The molecular formula is C16H18N2O6S2. The molecule has 1 fully saturated rings. The number of amides is 1. The van der Waals surface area contributed by atoms with Crippen LogP contribution >= 0.6 is 11.3 Å². The van der Waals surface area contributed by atoms with Gasteiger partial charge in [-0.1, -0.05) is 0 Å².